The zero-order valence-electron chi connectivity index (χ0n) is 12.1. The highest BCUT2D eigenvalue weighted by molar-refractivity contribution is 5.96. The maximum absolute atomic E-state index is 12.4. The predicted octanol–water partition coefficient (Wildman–Crippen LogP) is 2.75. The summed E-state index contributed by atoms with van der Waals surface area (Å²) in [5, 5.41) is 6.44. The fourth-order valence-corrected chi connectivity index (χ4v) is 2.79. The molecule has 2 atom stereocenters. The van der Waals surface area contributed by atoms with Crippen molar-refractivity contribution in [3.05, 3.63) is 29.3 Å². The van der Waals surface area contributed by atoms with Gasteiger partial charge in [0.15, 0.2) is 0 Å². The van der Waals surface area contributed by atoms with Crippen molar-refractivity contribution in [2.75, 3.05) is 11.9 Å². The maximum atomic E-state index is 12.4. The minimum Gasteiger partial charge on any atom is -0.324 e. The number of carbonyl (C=O) groups is 1. The molecule has 1 aromatic rings. The maximum Gasteiger partial charge on any atom is 0.241 e. The van der Waals surface area contributed by atoms with Crippen molar-refractivity contribution in [3.63, 3.8) is 0 Å². The van der Waals surface area contributed by atoms with E-state index in [9.17, 15) is 4.79 Å². The summed E-state index contributed by atoms with van der Waals surface area (Å²) in [7, 11) is 0. The lowest BCUT2D eigenvalue weighted by Crippen LogP contribution is -2.39. The molecular formula is C16H24N2O. The lowest BCUT2D eigenvalue weighted by molar-refractivity contribution is -0.118. The van der Waals surface area contributed by atoms with Gasteiger partial charge in [0.2, 0.25) is 5.91 Å². The summed E-state index contributed by atoms with van der Waals surface area (Å²) in [5.41, 5.74) is 3.47. The number of hydrogen-bond donors (Lipinski definition) is 2. The minimum atomic E-state index is -0.0466. The van der Waals surface area contributed by atoms with E-state index in [0.29, 0.717) is 5.92 Å². The second-order valence-corrected chi connectivity index (χ2v) is 5.35. The second-order valence-electron chi connectivity index (χ2n) is 5.35. The number of hydrogen-bond acceptors (Lipinski definition) is 2. The Labute approximate surface area is 115 Å². The van der Waals surface area contributed by atoms with E-state index in [2.05, 4.69) is 49.6 Å². The summed E-state index contributed by atoms with van der Waals surface area (Å²) in [6.07, 6.45) is 2.96. The van der Waals surface area contributed by atoms with Gasteiger partial charge >= 0.3 is 0 Å². The van der Waals surface area contributed by atoms with Gasteiger partial charge in [-0.15, -0.1) is 0 Å². The minimum absolute atomic E-state index is 0.0466. The van der Waals surface area contributed by atoms with Gasteiger partial charge in [-0.25, -0.2) is 0 Å². The molecule has 104 valence electrons. The van der Waals surface area contributed by atoms with Gasteiger partial charge < -0.3 is 10.6 Å². The Kier molecular flexibility index (Phi) is 4.59. The molecule has 3 heteroatoms. The molecule has 1 fully saturated rings. The van der Waals surface area contributed by atoms with Crippen LogP contribution in [0.3, 0.4) is 0 Å². The van der Waals surface area contributed by atoms with Crippen LogP contribution in [-0.4, -0.2) is 18.5 Å². The first-order chi connectivity index (χ1) is 9.17. The van der Waals surface area contributed by atoms with Crippen LogP contribution < -0.4 is 10.6 Å². The molecule has 0 radical (unpaired) electrons. The largest absolute Gasteiger partial charge is 0.324 e. The van der Waals surface area contributed by atoms with Crippen LogP contribution in [0.1, 0.15) is 38.3 Å². The SMILES string of the molecule is CCc1cccc(CC)c1NC(=O)C1NCCC1C. The van der Waals surface area contributed by atoms with E-state index in [1.807, 2.05) is 0 Å². The van der Waals surface area contributed by atoms with Gasteiger partial charge in [-0.2, -0.15) is 0 Å². The van der Waals surface area contributed by atoms with Gasteiger partial charge in [0.1, 0.15) is 0 Å². The summed E-state index contributed by atoms with van der Waals surface area (Å²) in [6.45, 7) is 7.33. The summed E-state index contributed by atoms with van der Waals surface area (Å²) in [4.78, 5) is 12.4. The topological polar surface area (TPSA) is 41.1 Å². The molecule has 0 bridgehead atoms. The number of nitrogens with one attached hydrogen (secondary N) is 2. The first-order valence-corrected chi connectivity index (χ1v) is 7.32. The monoisotopic (exact) mass is 260 g/mol. The summed E-state index contributed by atoms with van der Waals surface area (Å²) in [5.74, 6) is 0.527. The molecule has 0 aliphatic carbocycles. The summed E-state index contributed by atoms with van der Waals surface area (Å²) < 4.78 is 0. The van der Waals surface area contributed by atoms with Crippen LogP contribution in [0.2, 0.25) is 0 Å². The van der Waals surface area contributed by atoms with E-state index in [-0.39, 0.29) is 11.9 Å². The van der Waals surface area contributed by atoms with E-state index < -0.39 is 0 Å². The van der Waals surface area contributed by atoms with Crippen LogP contribution in [0.5, 0.6) is 0 Å². The predicted molar refractivity (Wildman–Crippen MR) is 79.4 cm³/mol. The Bertz CT molecular complexity index is 434. The van der Waals surface area contributed by atoms with Crippen molar-refractivity contribution in [1.82, 2.24) is 5.32 Å². The van der Waals surface area contributed by atoms with Crippen molar-refractivity contribution in [2.45, 2.75) is 46.1 Å². The number of rotatable bonds is 4. The van der Waals surface area contributed by atoms with Crippen LogP contribution in [0.4, 0.5) is 5.69 Å². The molecule has 3 nitrogen and oxygen atoms in total. The average molecular weight is 260 g/mol. The Morgan fingerprint density at radius 2 is 1.95 bits per heavy atom. The van der Waals surface area contributed by atoms with Gasteiger partial charge in [0, 0.05) is 5.69 Å². The van der Waals surface area contributed by atoms with E-state index in [1.54, 1.807) is 0 Å². The van der Waals surface area contributed by atoms with Crippen LogP contribution >= 0.6 is 0 Å². The standard InChI is InChI=1S/C16H24N2O/c1-4-12-7-6-8-13(5-2)15(12)18-16(19)14-11(3)9-10-17-14/h6-8,11,14,17H,4-5,9-10H2,1-3H3,(H,18,19). The van der Waals surface area contributed by atoms with Crippen molar-refractivity contribution in [1.29, 1.82) is 0 Å². The molecule has 1 aliphatic rings. The fraction of sp³-hybridized carbons (Fsp3) is 0.562. The van der Waals surface area contributed by atoms with Crippen LogP contribution in [0.25, 0.3) is 0 Å². The van der Waals surface area contributed by atoms with Gasteiger partial charge in [0.05, 0.1) is 6.04 Å². The molecule has 0 saturated carbocycles. The molecule has 1 heterocycles. The Morgan fingerprint density at radius 3 is 2.42 bits per heavy atom. The molecule has 1 aliphatic heterocycles. The first kappa shape index (κ1) is 14.1. The van der Waals surface area contributed by atoms with Crippen LogP contribution in [0.15, 0.2) is 18.2 Å². The van der Waals surface area contributed by atoms with Crippen molar-refractivity contribution in [3.8, 4) is 0 Å². The van der Waals surface area contributed by atoms with Gasteiger partial charge in [0.25, 0.3) is 0 Å². The second kappa shape index (κ2) is 6.20. The van der Waals surface area contributed by atoms with E-state index >= 15 is 0 Å². The Morgan fingerprint density at radius 1 is 1.32 bits per heavy atom. The molecule has 1 aromatic carbocycles. The fourth-order valence-electron chi connectivity index (χ4n) is 2.79. The van der Waals surface area contributed by atoms with Crippen molar-refractivity contribution in [2.24, 2.45) is 5.92 Å². The number of anilines is 1. The van der Waals surface area contributed by atoms with Crippen molar-refractivity contribution < 1.29 is 4.79 Å². The molecule has 2 N–H and O–H groups in total. The smallest absolute Gasteiger partial charge is 0.241 e. The number of benzene rings is 1. The molecule has 1 amide bonds. The first-order valence-electron chi connectivity index (χ1n) is 7.32. The number of amides is 1. The molecule has 1 saturated heterocycles. The Hall–Kier alpha value is -1.35. The van der Waals surface area contributed by atoms with E-state index in [1.165, 1.54) is 11.1 Å². The Balaban J connectivity index is 2.20. The van der Waals surface area contributed by atoms with Crippen LogP contribution in [-0.2, 0) is 17.6 Å². The quantitative estimate of drug-likeness (QED) is 0.874. The zero-order chi connectivity index (χ0) is 13.8. The lowest BCUT2D eigenvalue weighted by Gasteiger charge is -2.19. The molecular weight excluding hydrogens is 236 g/mol. The van der Waals surface area contributed by atoms with Gasteiger partial charge in [-0.1, -0.05) is 39.0 Å². The normalized spacial score (nSPS) is 22.5. The highest BCUT2D eigenvalue weighted by Gasteiger charge is 2.29. The lowest BCUT2D eigenvalue weighted by atomic mass is 10.0. The summed E-state index contributed by atoms with van der Waals surface area (Å²) in [6, 6.07) is 6.22. The zero-order valence-corrected chi connectivity index (χ0v) is 12.1. The van der Waals surface area contributed by atoms with Crippen LogP contribution in [0, 0.1) is 5.92 Å². The van der Waals surface area contributed by atoms with E-state index in [0.717, 1.165) is 31.5 Å². The van der Waals surface area contributed by atoms with E-state index in [4.69, 9.17) is 0 Å². The average Bonchev–Trinajstić information content (AvgIpc) is 2.85. The highest BCUT2D eigenvalue weighted by Crippen LogP contribution is 2.24. The third-order valence-electron chi connectivity index (χ3n) is 4.06. The number of carbonyl (C=O) groups excluding carboxylic acids is 1. The molecule has 2 unspecified atom stereocenters. The highest BCUT2D eigenvalue weighted by atomic mass is 16.2. The third-order valence-corrected chi connectivity index (χ3v) is 4.06. The number of aryl methyl sites for hydroxylation is 2. The van der Waals surface area contributed by atoms with Gasteiger partial charge in [-0.05, 0) is 42.9 Å². The molecule has 0 aromatic heterocycles. The van der Waals surface area contributed by atoms with Gasteiger partial charge in [-0.3, -0.25) is 4.79 Å². The molecule has 0 spiro atoms. The molecule has 19 heavy (non-hydrogen) atoms. The number of para-hydroxylation sites is 1. The third kappa shape index (κ3) is 2.98. The molecule has 2 rings (SSSR count). The summed E-state index contributed by atoms with van der Waals surface area (Å²) >= 11 is 0. The van der Waals surface area contributed by atoms with Crippen molar-refractivity contribution >= 4 is 11.6 Å².